The van der Waals surface area contributed by atoms with Crippen LogP contribution in [0.15, 0.2) is 42.0 Å². The molecular weight excluding hydrogens is 384 g/mol. The van der Waals surface area contributed by atoms with Gasteiger partial charge < -0.3 is 4.74 Å². The summed E-state index contributed by atoms with van der Waals surface area (Å²) in [6.07, 6.45) is 1.48. The number of rotatable bonds is 3. The number of thiocarbonyl (C=S) groups is 1. The summed E-state index contributed by atoms with van der Waals surface area (Å²) >= 11 is 11.3. The van der Waals surface area contributed by atoms with Crippen molar-refractivity contribution in [3.63, 3.8) is 0 Å². The van der Waals surface area contributed by atoms with Gasteiger partial charge in [-0.2, -0.15) is 0 Å². The summed E-state index contributed by atoms with van der Waals surface area (Å²) < 4.78 is 5.12. The van der Waals surface area contributed by atoms with Crippen molar-refractivity contribution in [3.05, 3.63) is 63.7 Å². The molecule has 7 heteroatoms. The fourth-order valence-corrected chi connectivity index (χ4v) is 3.24. The summed E-state index contributed by atoms with van der Waals surface area (Å²) in [6, 6.07) is 10.6. The Balaban J connectivity index is 2.01. The molecule has 0 spiro atoms. The van der Waals surface area contributed by atoms with Crippen molar-refractivity contribution in [1.82, 2.24) is 5.32 Å². The van der Waals surface area contributed by atoms with Crippen LogP contribution in [0.3, 0.4) is 0 Å². The second-order valence-electron chi connectivity index (χ2n) is 6.12. The summed E-state index contributed by atoms with van der Waals surface area (Å²) in [7, 11) is 1.51. The molecular formula is C20H17ClN2O3S. The lowest BCUT2D eigenvalue weighted by molar-refractivity contribution is -0.122. The van der Waals surface area contributed by atoms with Gasteiger partial charge in [-0.05, 0) is 73.1 Å². The molecule has 2 aromatic carbocycles. The van der Waals surface area contributed by atoms with Crippen molar-refractivity contribution in [1.29, 1.82) is 0 Å². The van der Waals surface area contributed by atoms with Crippen LogP contribution in [0, 0.1) is 13.8 Å². The van der Waals surface area contributed by atoms with E-state index in [-0.39, 0.29) is 10.7 Å². The number of carbonyl (C=O) groups is 2. The molecule has 0 aromatic heterocycles. The predicted molar refractivity (Wildman–Crippen MR) is 110 cm³/mol. The van der Waals surface area contributed by atoms with E-state index in [4.69, 9.17) is 28.6 Å². The van der Waals surface area contributed by atoms with Gasteiger partial charge in [0.15, 0.2) is 5.11 Å². The van der Waals surface area contributed by atoms with E-state index in [0.717, 1.165) is 11.1 Å². The number of carbonyl (C=O) groups excluding carboxylic acids is 2. The number of ether oxygens (including phenoxy) is 1. The van der Waals surface area contributed by atoms with E-state index in [1.165, 1.54) is 18.1 Å². The maximum atomic E-state index is 13.0. The van der Waals surface area contributed by atoms with Crippen LogP contribution in [0.5, 0.6) is 5.75 Å². The SMILES string of the molecule is COc1ccc(/C=C2\C(=O)NC(=S)N(c3ccc(C)c(C)c3)C2=O)cc1Cl. The van der Waals surface area contributed by atoms with Gasteiger partial charge in [0.25, 0.3) is 11.8 Å². The number of anilines is 1. The first-order valence-corrected chi connectivity index (χ1v) is 8.92. The fourth-order valence-electron chi connectivity index (χ4n) is 2.70. The number of halogens is 1. The minimum Gasteiger partial charge on any atom is -0.495 e. The zero-order chi connectivity index (χ0) is 19.7. The van der Waals surface area contributed by atoms with Crippen molar-refractivity contribution in [2.75, 3.05) is 12.0 Å². The third-order valence-electron chi connectivity index (χ3n) is 4.34. The van der Waals surface area contributed by atoms with E-state index in [0.29, 0.717) is 22.0 Å². The van der Waals surface area contributed by atoms with Gasteiger partial charge in [0.05, 0.1) is 17.8 Å². The molecule has 27 heavy (non-hydrogen) atoms. The third kappa shape index (κ3) is 3.72. The first-order valence-electron chi connectivity index (χ1n) is 8.14. The highest BCUT2D eigenvalue weighted by molar-refractivity contribution is 7.80. The van der Waals surface area contributed by atoms with Crippen LogP contribution in [0.25, 0.3) is 6.08 Å². The quantitative estimate of drug-likeness (QED) is 0.483. The van der Waals surface area contributed by atoms with Gasteiger partial charge in [-0.25, -0.2) is 0 Å². The Hall–Kier alpha value is -2.70. The topological polar surface area (TPSA) is 58.6 Å². The fraction of sp³-hybridized carbons (Fsp3) is 0.150. The maximum absolute atomic E-state index is 13.0. The molecule has 0 saturated carbocycles. The largest absolute Gasteiger partial charge is 0.495 e. The van der Waals surface area contributed by atoms with E-state index >= 15 is 0 Å². The molecule has 0 atom stereocenters. The molecule has 1 fully saturated rings. The van der Waals surface area contributed by atoms with Crippen LogP contribution in [0.1, 0.15) is 16.7 Å². The average Bonchev–Trinajstić information content (AvgIpc) is 2.61. The highest BCUT2D eigenvalue weighted by atomic mass is 35.5. The van der Waals surface area contributed by atoms with E-state index in [1.54, 1.807) is 24.3 Å². The molecule has 5 nitrogen and oxygen atoms in total. The van der Waals surface area contributed by atoms with E-state index in [9.17, 15) is 9.59 Å². The Morgan fingerprint density at radius 1 is 1.11 bits per heavy atom. The van der Waals surface area contributed by atoms with Crippen LogP contribution in [-0.2, 0) is 9.59 Å². The first-order chi connectivity index (χ1) is 12.8. The van der Waals surface area contributed by atoms with Crippen LogP contribution in [0.2, 0.25) is 5.02 Å². The van der Waals surface area contributed by atoms with Crippen LogP contribution >= 0.6 is 23.8 Å². The number of benzene rings is 2. The maximum Gasteiger partial charge on any atom is 0.270 e. The number of aryl methyl sites for hydroxylation is 2. The van der Waals surface area contributed by atoms with Crippen LogP contribution in [0.4, 0.5) is 5.69 Å². The van der Waals surface area contributed by atoms with E-state index < -0.39 is 11.8 Å². The van der Waals surface area contributed by atoms with Crippen LogP contribution < -0.4 is 15.0 Å². The molecule has 3 rings (SSSR count). The molecule has 1 saturated heterocycles. The Bertz CT molecular complexity index is 1000. The van der Waals surface area contributed by atoms with Crippen LogP contribution in [-0.4, -0.2) is 24.0 Å². The molecule has 1 N–H and O–H groups in total. The van der Waals surface area contributed by atoms with Crippen molar-refractivity contribution < 1.29 is 14.3 Å². The minimum atomic E-state index is -0.544. The van der Waals surface area contributed by atoms with Gasteiger partial charge in [-0.1, -0.05) is 23.7 Å². The predicted octanol–water partition coefficient (Wildman–Crippen LogP) is 3.80. The van der Waals surface area contributed by atoms with Gasteiger partial charge in [0.1, 0.15) is 11.3 Å². The number of methoxy groups -OCH3 is 1. The lowest BCUT2D eigenvalue weighted by atomic mass is 10.1. The third-order valence-corrected chi connectivity index (χ3v) is 4.92. The van der Waals surface area contributed by atoms with Crippen molar-refractivity contribution in [2.24, 2.45) is 0 Å². The number of nitrogens with zero attached hydrogens (tertiary/aromatic N) is 1. The number of hydrogen-bond acceptors (Lipinski definition) is 4. The number of nitrogens with one attached hydrogen (secondary N) is 1. The van der Waals surface area contributed by atoms with Gasteiger partial charge >= 0.3 is 0 Å². The zero-order valence-electron chi connectivity index (χ0n) is 15.0. The summed E-state index contributed by atoms with van der Waals surface area (Å²) in [4.78, 5) is 26.7. The molecule has 1 heterocycles. The lowest BCUT2D eigenvalue weighted by Crippen LogP contribution is -2.54. The summed E-state index contributed by atoms with van der Waals surface area (Å²) in [6.45, 7) is 3.93. The Morgan fingerprint density at radius 3 is 2.48 bits per heavy atom. The molecule has 138 valence electrons. The first kappa shape index (κ1) is 19.1. The van der Waals surface area contributed by atoms with E-state index in [1.807, 2.05) is 26.0 Å². The molecule has 1 aliphatic heterocycles. The van der Waals surface area contributed by atoms with Crippen molar-refractivity contribution >= 4 is 52.5 Å². The van der Waals surface area contributed by atoms with Crippen molar-refractivity contribution in [3.8, 4) is 5.75 Å². The standard InChI is InChI=1S/C20H17ClN2O3S/c1-11-4-6-14(8-12(11)2)23-19(25)15(18(24)22-20(23)27)9-13-5-7-17(26-3)16(21)10-13/h4-10H,1-3H3,(H,22,24,27)/b15-9+. The summed E-state index contributed by atoms with van der Waals surface area (Å²) in [5.74, 6) is -0.521. The van der Waals surface area contributed by atoms with E-state index in [2.05, 4.69) is 5.32 Å². The highest BCUT2D eigenvalue weighted by Crippen LogP contribution is 2.28. The lowest BCUT2D eigenvalue weighted by Gasteiger charge is -2.29. The Labute approximate surface area is 167 Å². The second-order valence-corrected chi connectivity index (χ2v) is 6.91. The minimum absolute atomic E-state index is 0.0249. The summed E-state index contributed by atoms with van der Waals surface area (Å²) in [5, 5.41) is 3.01. The zero-order valence-corrected chi connectivity index (χ0v) is 16.6. The number of amides is 2. The molecule has 2 amide bonds. The Morgan fingerprint density at radius 2 is 1.85 bits per heavy atom. The van der Waals surface area contributed by atoms with Gasteiger partial charge in [-0.15, -0.1) is 0 Å². The molecule has 0 unspecified atom stereocenters. The normalized spacial score (nSPS) is 15.9. The molecule has 2 aromatic rings. The second kappa shape index (κ2) is 7.50. The monoisotopic (exact) mass is 400 g/mol. The number of hydrogen-bond donors (Lipinski definition) is 1. The smallest absolute Gasteiger partial charge is 0.270 e. The molecule has 1 aliphatic rings. The van der Waals surface area contributed by atoms with Crippen molar-refractivity contribution in [2.45, 2.75) is 13.8 Å². The summed E-state index contributed by atoms with van der Waals surface area (Å²) in [5.41, 5.74) is 3.30. The Kier molecular flexibility index (Phi) is 5.30. The molecule has 0 aliphatic carbocycles. The van der Waals surface area contributed by atoms with Gasteiger partial charge in [0, 0.05) is 0 Å². The molecule has 0 bridgehead atoms. The van der Waals surface area contributed by atoms with Gasteiger partial charge in [0.2, 0.25) is 0 Å². The average molecular weight is 401 g/mol. The highest BCUT2D eigenvalue weighted by Gasteiger charge is 2.34. The van der Waals surface area contributed by atoms with Gasteiger partial charge in [-0.3, -0.25) is 19.8 Å². The molecule has 0 radical (unpaired) electrons.